The van der Waals surface area contributed by atoms with E-state index in [0.29, 0.717) is 28.4 Å². The predicted molar refractivity (Wildman–Crippen MR) is 101 cm³/mol. The van der Waals surface area contributed by atoms with Crippen LogP contribution in [0.2, 0.25) is 0 Å². The van der Waals surface area contributed by atoms with E-state index in [4.69, 9.17) is 16.2 Å². The summed E-state index contributed by atoms with van der Waals surface area (Å²) in [6, 6.07) is 19.6. The molecule has 0 atom stereocenters. The van der Waals surface area contributed by atoms with Crippen LogP contribution in [0, 0.1) is 6.92 Å². The van der Waals surface area contributed by atoms with Crippen molar-refractivity contribution in [3.05, 3.63) is 77.9 Å². The molecule has 126 valence electrons. The fraction of sp³-hybridized carbons (Fsp3) is 0.0500. The molecule has 25 heavy (non-hydrogen) atoms. The molecule has 1 amide bonds. The van der Waals surface area contributed by atoms with Gasteiger partial charge in [0, 0.05) is 16.9 Å². The number of nitrogens with two attached hydrogens (primary N) is 2. The number of para-hydroxylation sites is 1. The Labute approximate surface area is 146 Å². The van der Waals surface area contributed by atoms with E-state index in [1.807, 2.05) is 31.2 Å². The van der Waals surface area contributed by atoms with Gasteiger partial charge in [0.1, 0.15) is 11.5 Å². The standard InChI is InChI=1S/C20H19N3O2/c1-13-4-2-3-5-18(13)23-20(24)14-6-9-16(10-7-14)25-19-11-8-15(21)12-17(19)22/h2-12H,21-22H2,1H3,(H,23,24). The van der Waals surface area contributed by atoms with Gasteiger partial charge in [-0.1, -0.05) is 18.2 Å². The van der Waals surface area contributed by atoms with Gasteiger partial charge in [-0.3, -0.25) is 4.79 Å². The molecule has 0 aliphatic heterocycles. The molecule has 3 rings (SSSR count). The zero-order valence-electron chi connectivity index (χ0n) is 13.8. The SMILES string of the molecule is Cc1ccccc1NC(=O)c1ccc(Oc2ccc(N)cc2N)cc1. The number of nitrogens with one attached hydrogen (secondary N) is 1. The number of hydrogen-bond acceptors (Lipinski definition) is 4. The van der Waals surface area contributed by atoms with Crippen LogP contribution >= 0.6 is 0 Å². The number of rotatable bonds is 4. The molecular weight excluding hydrogens is 314 g/mol. The van der Waals surface area contributed by atoms with Gasteiger partial charge in [0.25, 0.3) is 5.91 Å². The van der Waals surface area contributed by atoms with Crippen LogP contribution in [0.4, 0.5) is 17.1 Å². The molecule has 0 unspecified atom stereocenters. The Kier molecular flexibility index (Phi) is 4.57. The van der Waals surface area contributed by atoms with Crippen LogP contribution in [0.5, 0.6) is 11.5 Å². The number of amides is 1. The molecule has 0 aliphatic carbocycles. The molecule has 0 heterocycles. The van der Waals surface area contributed by atoms with Crippen molar-refractivity contribution >= 4 is 23.0 Å². The van der Waals surface area contributed by atoms with Crippen LogP contribution in [-0.2, 0) is 0 Å². The Morgan fingerprint density at radius 1 is 0.960 bits per heavy atom. The number of hydrogen-bond donors (Lipinski definition) is 3. The van der Waals surface area contributed by atoms with Crippen molar-refractivity contribution in [1.29, 1.82) is 0 Å². The maximum absolute atomic E-state index is 12.3. The second-order valence-electron chi connectivity index (χ2n) is 5.69. The first kappa shape index (κ1) is 16.4. The minimum Gasteiger partial charge on any atom is -0.455 e. The van der Waals surface area contributed by atoms with Crippen LogP contribution in [0.15, 0.2) is 66.7 Å². The molecule has 0 saturated carbocycles. The Morgan fingerprint density at radius 2 is 1.68 bits per heavy atom. The number of benzene rings is 3. The van der Waals surface area contributed by atoms with Crippen molar-refractivity contribution in [2.75, 3.05) is 16.8 Å². The van der Waals surface area contributed by atoms with E-state index in [0.717, 1.165) is 11.3 Å². The first-order valence-electron chi connectivity index (χ1n) is 7.83. The van der Waals surface area contributed by atoms with Crippen molar-refractivity contribution in [3.63, 3.8) is 0 Å². The Morgan fingerprint density at radius 3 is 2.36 bits per heavy atom. The van der Waals surface area contributed by atoms with E-state index in [1.54, 1.807) is 42.5 Å². The molecule has 5 N–H and O–H groups in total. The molecule has 3 aromatic carbocycles. The lowest BCUT2D eigenvalue weighted by Gasteiger charge is -2.10. The number of aryl methyl sites for hydroxylation is 1. The third-order valence-electron chi connectivity index (χ3n) is 3.77. The molecule has 0 radical (unpaired) electrons. The van der Waals surface area contributed by atoms with Gasteiger partial charge < -0.3 is 21.5 Å². The molecule has 0 bridgehead atoms. The number of nitrogen functional groups attached to an aromatic ring is 2. The van der Waals surface area contributed by atoms with E-state index >= 15 is 0 Å². The van der Waals surface area contributed by atoms with Crippen molar-refractivity contribution in [1.82, 2.24) is 0 Å². The maximum Gasteiger partial charge on any atom is 0.255 e. The number of carbonyl (C=O) groups excluding carboxylic acids is 1. The van der Waals surface area contributed by atoms with Crippen LogP contribution in [0.25, 0.3) is 0 Å². The van der Waals surface area contributed by atoms with Gasteiger partial charge in [0.2, 0.25) is 0 Å². The Bertz CT molecular complexity index is 905. The summed E-state index contributed by atoms with van der Waals surface area (Å²) in [4.78, 5) is 12.3. The molecule has 0 saturated heterocycles. The van der Waals surface area contributed by atoms with Gasteiger partial charge in [0.05, 0.1) is 5.69 Å². The average molecular weight is 333 g/mol. The summed E-state index contributed by atoms with van der Waals surface area (Å²) in [6.07, 6.45) is 0. The van der Waals surface area contributed by atoms with Crippen LogP contribution in [-0.4, -0.2) is 5.91 Å². The minimum absolute atomic E-state index is 0.173. The van der Waals surface area contributed by atoms with E-state index < -0.39 is 0 Å². The van der Waals surface area contributed by atoms with Crippen molar-refractivity contribution in [2.45, 2.75) is 6.92 Å². The summed E-state index contributed by atoms with van der Waals surface area (Å²) >= 11 is 0. The summed E-state index contributed by atoms with van der Waals surface area (Å²) in [5.41, 5.74) is 14.9. The fourth-order valence-corrected chi connectivity index (χ4v) is 2.37. The van der Waals surface area contributed by atoms with E-state index in [9.17, 15) is 4.79 Å². The lowest BCUT2D eigenvalue weighted by Crippen LogP contribution is -2.12. The zero-order chi connectivity index (χ0) is 17.8. The molecule has 0 aliphatic rings. The number of anilines is 3. The molecule has 0 fully saturated rings. The Hall–Kier alpha value is -3.47. The van der Waals surface area contributed by atoms with Crippen LogP contribution in [0.3, 0.4) is 0 Å². The van der Waals surface area contributed by atoms with E-state index in [1.165, 1.54) is 0 Å². The highest BCUT2D eigenvalue weighted by Gasteiger charge is 2.08. The fourth-order valence-electron chi connectivity index (χ4n) is 2.37. The van der Waals surface area contributed by atoms with Gasteiger partial charge in [-0.05, 0) is 61.0 Å². The smallest absolute Gasteiger partial charge is 0.255 e. The predicted octanol–water partition coefficient (Wildman–Crippen LogP) is 4.20. The van der Waals surface area contributed by atoms with Crippen molar-refractivity contribution in [2.24, 2.45) is 0 Å². The van der Waals surface area contributed by atoms with Crippen molar-refractivity contribution < 1.29 is 9.53 Å². The molecule has 3 aromatic rings. The Balaban J connectivity index is 1.71. The van der Waals surface area contributed by atoms with Gasteiger partial charge >= 0.3 is 0 Å². The van der Waals surface area contributed by atoms with Gasteiger partial charge in [0.15, 0.2) is 0 Å². The van der Waals surface area contributed by atoms with Gasteiger partial charge in [-0.15, -0.1) is 0 Å². The summed E-state index contributed by atoms with van der Waals surface area (Å²) < 4.78 is 5.72. The highest BCUT2D eigenvalue weighted by atomic mass is 16.5. The van der Waals surface area contributed by atoms with Crippen LogP contribution < -0.4 is 21.5 Å². The molecule has 5 heteroatoms. The van der Waals surface area contributed by atoms with E-state index in [-0.39, 0.29) is 5.91 Å². The molecule has 5 nitrogen and oxygen atoms in total. The minimum atomic E-state index is -0.173. The first-order chi connectivity index (χ1) is 12.0. The van der Waals surface area contributed by atoms with E-state index in [2.05, 4.69) is 5.32 Å². The van der Waals surface area contributed by atoms with Gasteiger partial charge in [-0.25, -0.2) is 0 Å². The summed E-state index contributed by atoms with van der Waals surface area (Å²) in [5, 5.41) is 2.90. The topological polar surface area (TPSA) is 90.4 Å². The summed E-state index contributed by atoms with van der Waals surface area (Å²) in [7, 11) is 0. The summed E-state index contributed by atoms with van der Waals surface area (Å²) in [5.74, 6) is 0.933. The van der Waals surface area contributed by atoms with Gasteiger partial charge in [-0.2, -0.15) is 0 Å². The highest BCUT2D eigenvalue weighted by Crippen LogP contribution is 2.29. The highest BCUT2D eigenvalue weighted by molar-refractivity contribution is 6.04. The van der Waals surface area contributed by atoms with Crippen LogP contribution in [0.1, 0.15) is 15.9 Å². The number of ether oxygens (including phenoxy) is 1. The number of carbonyl (C=O) groups is 1. The maximum atomic E-state index is 12.3. The normalized spacial score (nSPS) is 10.3. The monoisotopic (exact) mass is 333 g/mol. The van der Waals surface area contributed by atoms with Crippen molar-refractivity contribution in [3.8, 4) is 11.5 Å². The largest absolute Gasteiger partial charge is 0.455 e. The molecule has 0 aromatic heterocycles. The summed E-state index contributed by atoms with van der Waals surface area (Å²) in [6.45, 7) is 1.95. The lowest BCUT2D eigenvalue weighted by atomic mass is 10.1. The quantitative estimate of drug-likeness (QED) is 0.624. The molecule has 0 spiro atoms. The average Bonchev–Trinajstić information content (AvgIpc) is 2.60. The second kappa shape index (κ2) is 6.97. The zero-order valence-corrected chi connectivity index (χ0v) is 13.8. The third-order valence-corrected chi connectivity index (χ3v) is 3.77. The second-order valence-corrected chi connectivity index (χ2v) is 5.69. The third kappa shape index (κ3) is 3.90. The first-order valence-corrected chi connectivity index (χ1v) is 7.83. The lowest BCUT2D eigenvalue weighted by molar-refractivity contribution is 0.102. The molecular formula is C20H19N3O2.